The fourth-order valence-electron chi connectivity index (χ4n) is 1.08. The number of nitrogens with zero attached hydrogens (tertiary/aromatic N) is 1. The van der Waals surface area contributed by atoms with Gasteiger partial charge in [-0.05, 0) is 24.3 Å². The minimum Gasteiger partial charge on any atom is -0.222 e. The van der Waals surface area contributed by atoms with Gasteiger partial charge in [0.15, 0.2) is 0 Å². The third-order valence-corrected chi connectivity index (χ3v) is 4.32. The fourth-order valence-corrected chi connectivity index (χ4v) is 2.62. The van der Waals surface area contributed by atoms with Crippen molar-refractivity contribution in [3.05, 3.63) is 28.7 Å². The van der Waals surface area contributed by atoms with Crippen LogP contribution in [0.25, 0.3) is 0 Å². The molecule has 1 aromatic rings. The standard InChI is InChI=1S/C9H5BrF3NO2S/c10-6-1-3-7(4-2-6)17(15,16)8(5-14)9(11,12)13/h1-4,8H. The minimum atomic E-state index is -5.11. The van der Waals surface area contributed by atoms with E-state index in [4.69, 9.17) is 5.26 Å². The van der Waals surface area contributed by atoms with Gasteiger partial charge in [0.2, 0.25) is 15.1 Å². The van der Waals surface area contributed by atoms with Crippen molar-refractivity contribution in [2.45, 2.75) is 16.3 Å². The number of hydrogen-bond acceptors (Lipinski definition) is 3. The molecule has 0 aromatic heterocycles. The first-order valence-corrected chi connectivity index (χ1v) is 6.49. The predicted octanol–water partition coefficient (Wildman–Crippen LogP) is 2.68. The van der Waals surface area contributed by atoms with Crippen molar-refractivity contribution in [2.24, 2.45) is 0 Å². The van der Waals surface area contributed by atoms with E-state index in [9.17, 15) is 21.6 Å². The quantitative estimate of drug-likeness (QED) is 0.839. The Bertz CT molecular complexity index is 545. The van der Waals surface area contributed by atoms with Gasteiger partial charge in [-0.25, -0.2) is 8.42 Å². The summed E-state index contributed by atoms with van der Waals surface area (Å²) in [4.78, 5) is -0.537. The molecule has 0 fully saturated rings. The van der Waals surface area contributed by atoms with E-state index in [1.807, 2.05) is 0 Å². The van der Waals surface area contributed by atoms with Gasteiger partial charge < -0.3 is 0 Å². The highest BCUT2D eigenvalue weighted by atomic mass is 79.9. The number of alkyl halides is 3. The average molecular weight is 328 g/mol. The molecule has 0 aliphatic heterocycles. The highest BCUT2D eigenvalue weighted by Gasteiger charge is 2.49. The summed E-state index contributed by atoms with van der Waals surface area (Å²) in [5.41, 5.74) is 0. The molecule has 0 aliphatic rings. The summed E-state index contributed by atoms with van der Waals surface area (Å²) >= 11 is 3.02. The number of sulfone groups is 1. The maximum Gasteiger partial charge on any atom is 0.418 e. The molecule has 0 aliphatic carbocycles. The first kappa shape index (κ1) is 14.0. The van der Waals surface area contributed by atoms with Gasteiger partial charge in [-0.15, -0.1) is 0 Å². The fraction of sp³-hybridized carbons (Fsp3) is 0.222. The zero-order valence-electron chi connectivity index (χ0n) is 8.07. The molecule has 8 heteroatoms. The summed E-state index contributed by atoms with van der Waals surface area (Å²) in [6.45, 7) is 0. The van der Waals surface area contributed by atoms with Crippen LogP contribution in [0, 0.1) is 11.3 Å². The molecule has 0 spiro atoms. The number of rotatable bonds is 2. The van der Waals surface area contributed by atoms with Crippen LogP contribution in [0.3, 0.4) is 0 Å². The van der Waals surface area contributed by atoms with Crippen LogP contribution in [-0.2, 0) is 9.84 Å². The van der Waals surface area contributed by atoms with E-state index in [0.717, 1.165) is 18.2 Å². The molecule has 1 atom stereocenters. The second-order valence-electron chi connectivity index (χ2n) is 3.05. The molecule has 0 N–H and O–H groups in total. The summed E-state index contributed by atoms with van der Waals surface area (Å²) in [6, 6.07) is 5.37. The summed E-state index contributed by atoms with van der Waals surface area (Å²) in [7, 11) is -4.73. The Morgan fingerprint density at radius 2 is 1.71 bits per heavy atom. The third-order valence-electron chi connectivity index (χ3n) is 1.87. The van der Waals surface area contributed by atoms with Gasteiger partial charge in [-0.3, -0.25) is 0 Å². The molecule has 0 bridgehead atoms. The van der Waals surface area contributed by atoms with Gasteiger partial charge in [-0.1, -0.05) is 15.9 Å². The molecule has 1 rings (SSSR count). The summed E-state index contributed by atoms with van der Waals surface area (Å²) in [5, 5.41) is 5.31. The van der Waals surface area contributed by atoms with Crippen molar-refractivity contribution < 1.29 is 21.6 Å². The zero-order valence-corrected chi connectivity index (χ0v) is 10.5. The number of hydrogen-bond donors (Lipinski definition) is 0. The molecule has 92 valence electrons. The van der Waals surface area contributed by atoms with Crippen molar-refractivity contribution in [3.8, 4) is 6.07 Å². The van der Waals surface area contributed by atoms with Gasteiger partial charge in [0, 0.05) is 4.47 Å². The number of nitriles is 1. The average Bonchev–Trinajstić information content (AvgIpc) is 2.16. The first-order chi connectivity index (χ1) is 7.69. The van der Waals surface area contributed by atoms with Crippen molar-refractivity contribution >= 4 is 25.8 Å². The number of benzene rings is 1. The lowest BCUT2D eigenvalue weighted by molar-refractivity contribution is -0.120. The SMILES string of the molecule is N#CC(C(F)(F)F)S(=O)(=O)c1ccc(Br)cc1. The molecule has 3 nitrogen and oxygen atoms in total. The van der Waals surface area contributed by atoms with Gasteiger partial charge in [0.25, 0.3) is 0 Å². The topological polar surface area (TPSA) is 57.9 Å². The maximum absolute atomic E-state index is 12.4. The second kappa shape index (κ2) is 4.66. The van der Waals surface area contributed by atoms with Crippen molar-refractivity contribution in [3.63, 3.8) is 0 Å². The molecule has 0 radical (unpaired) electrons. The molecule has 0 heterocycles. The van der Waals surface area contributed by atoms with Gasteiger partial charge in [0.05, 0.1) is 11.0 Å². The van der Waals surface area contributed by atoms with E-state index in [1.54, 1.807) is 0 Å². The molecule has 0 saturated heterocycles. The zero-order chi connectivity index (χ0) is 13.3. The minimum absolute atomic E-state index is 0.525. The second-order valence-corrected chi connectivity index (χ2v) is 6.00. The predicted molar refractivity (Wildman–Crippen MR) is 56.8 cm³/mol. The normalized spacial score (nSPS) is 14.1. The Hall–Kier alpha value is -1.07. The molecular formula is C9H5BrF3NO2S. The van der Waals surface area contributed by atoms with E-state index in [-0.39, 0.29) is 0 Å². The molecule has 17 heavy (non-hydrogen) atoms. The van der Waals surface area contributed by atoms with Crippen molar-refractivity contribution in [1.82, 2.24) is 0 Å². The van der Waals surface area contributed by atoms with E-state index < -0.39 is 26.2 Å². The van der Waals surface area contributed by atoms with Crippen LogP contribution in [0.5, 0.6) is 0 Å². The van der Waals surface area contributed by atoms with E-state index >= 15 is 0 Å². The molecule has 1 unspecified atom stereocenters. The van der Waals surface area contributed by atoms with Crippen LogP contribution in [0.4, 0.5) is 13.2 Å². The third kappa shape index (κ3) is 2.98. The molecule has 0 saturated carbocycles. The Morgan fingerprint density at radius 1 is 1.24 bits per heavy atom. The molecule has 1 aromatic carbocycles. The van der Waals surface area contributed by atoms with E-state index in [0.29, 0.717) is 4.47 Å². The van der Waals surface area contributed by atoms with Gasteiger partial charge in [-0.2, -0.15) is 18.4 Å². The van der Waals surface area contributed by atoms with Crippen LogP contribution in [-0.4, -0.2) is 19.8 Å². The first-order valence-electron chi connectivity index (χ1n) is 4.15. The van der Waals surface area contributed by atoms with Crippen LogP contribution >= 0.6 is 15.9 Å². The largest absolute Gasteiger partial charge is 0.418 e. The Morgan fingerprint density at radius 3 is 2.06 bits per heavy atom. The lowest BCUT2D eigenvalue weighted by atomic mass is 10.4. The van der Waals surface area contributed by atoms with Crippen molar-refractivity contribution in [2.75, 3.05) is 0 Å². The monoisotopic (exact) mass is 327 g/mol. The smallest absolute Gasteiger partial charge is 0.222 e. The highest BCUT2D eigenvalue weighted by Crippen LogP contribution is 2.30. The van der Waals surface area contributed by atoms with Gasteiger partial charge >= 0.3 is 6.18 Å². The van der Waals surface area contributed by atoms with Crippen LogP contribution < -0.4 is 0 Å². The highest BCUT2D eigenvalue weighted by molar-refractivity contribution is 9.10. The lowest BCUT2D eigenvalue weighted by Crippen LogP contribution is -2.35. The Kier molecular flexibility index (Phi) is 3.84. The van der Waals surface area contributed by atoms with Gasteiger partial charge in [0.1, 0.15) is 0 Å². The van der Waals surface area contributed by atoms with E-state index in [2.05, 4.69) is 15.9 Å². The van der Waals surface area contributed by atoms with Crippen molar-refractivity contribution in [1.29, 1.82) is 5.26 Å². The van der Waals surface area contributed by atoms with Crippen LogP contribution in [0.1, 0.15) is 0 Å². The van der Waals surface area contributed by atoms with Crippen LogP contribution in [0.15, 0.2) is 33.6 Å². The Balaban J connectivity index is 3.29. The Labute approximate surface area is 104 Å². The summed E-state index contributed by atoms with van der Waals surface area (Å²) in [6.07, 6.45) is -5.11. The number of halogens is 4. The summed E-state index contributed by atoms with van der Waals surface area (Å²) in [5.74, 6) is 0. The summed E-state index contributed by atoms with van der Waals surface area (Å²) < 4.78 is 60.8. The molecular weight excluding hydrogens is 323 g/mol. The molecule has 0 amide bonds. The maximum atomic E-state index is 12.4. The lowest BCUT2D eigenvalue weighted by Gasteiger charge is -2.13. The van der Waals surface area contributed by atoms with Crippen LogP contribution in [0.2, 0.25) is 0 Å². The van der Waals surface area contributed by atoms with E-state index in [1.165, 1.54) is 12.1 Å².